The molecule has 2 aromatic rings. The maximum atomic E-state index is 12.0. The molecular weight excluding hydrogens is 240 g/mol. The summed E-state index contributed by atoms with van der Waals surface area (Å²) in [5.74, 6) is 0.660. The highest BCUT2D eigenvalue weighted by Crippen LogP contribution is 2.25. The number of aryl methyl sites for hydroxylation is 1. The maximum absolute atomic E-state index is 12.0. The van der Waals surface area contributed by atoms with Gasteiger partial charge in [0.05, 0.1) is 18.1 Å². The molecule has 19 heavy (non-hydrogen) atoms. The summed E-state index contributed by atoms with van der Waals surface area (Å²) in [5.41, 5.74) is 1.91. The van der Waals surface area contributed by atoms with Crippen molar-refractivity contribution in [1.29, 1.82) is 0 Å². The number of rotatable bonds is 5. The van der Waals surface area contributed by atoms with Crippen molar-refractivity contribution in [1.82, 2.24) is 9.55 Å². The zero-order valence-corrected chi connectivity index (χ0v) is 11.7. The summed E-state index contributed by atoms with van der Waals surface area (Å²) in [4.78, 5) is 16.6. The van der Waals surface area contributed by atoms with E-state index >= 15 is 0 Å². The number of aromatic nitrogens is 2. The van der Waals surface area contributed by atoms with E-state index in [4.69, 9.17) is 4.74 Å². The quantitative estimate of drug-likeness (QED) is 0.775. The average Bonchev–Trinajstić information content (AvgIpc) is 2.75. The van der Waals surface area contributed by atoms with Gasteiger partial charge < -0.3 is 9.30 Å². The van der Waals surface area contributed by atoms with E-state index in [0.717, 1.165) is 36.1 Å². The van der Waals surface area contributed by atoms with Crippen LogP contribution in [0.25, 0.3) is 11.0 Å². The van der Waals surface area contributed by atoms with Crippen LogP contribution in [-0.4, -0.2) is 22.6 Å². The molecule has 4 heteroatoms. The van der Waals surface area contributed by atoms with Gasteiger partial charge in [0, 0.05) is 0 Å². The number of benzene rings is 1. The molecule has 0 aliphatic heterocycles. The molecule has 0 N–H and O–H groups in total. The highest BCUT2D eigenvalue weighted by atomic mass is 16.5. The SMILES string of the molecule is CCCCC(C(=O)OC)n1c(C)nc2ccccc21. The number of hydrogen-bond donors (Lipinski definition) is 0. The molecule has 0 saturated carbocycles. The number of methoxy groups -OCH3 is 1. The summed E-state index contributed by atoms with van der Waals surface area (Å²) in [6, 6.07) is 7.61. The van der Waals surface area contributed by atoms with Crippen LogP contribution < -0.4 is 0 Å². The number of esters is 1. The van der Waals surface area contributed by atoms with Crippen LogP contribution in [0.4, 0.5) is 0 Å². The van der Waals surface area contributed by atoms with Crippen LogP contribution in [0.5, 0.6) is 0 Å². The van der Waals surface area contributed by atoms with Gasteiger partial charge in [-0.3, -0.25) is 0 Å². The van der Waals surface area contributed by atoms with E-state index in [0.29, 0.717) is 0 Å². The summed E-state index contributed by atoms with van der Waals surface area (Å²) < 4.78 is 6.95. The van der Waals surface area contributed by atoms with E-state index < -0.39 is 0 Å². The van der Waals surface area contributed by atoms with Crippen molar-refractivity contribution < 1.29 is 9.53 Å². The topological polar surface area (TPSA) is 44.1 Å². The molecule has 0 radical (unpaired) electrons. The summed E-state index contributed by atoms with van der Waals surface area (Å²) in [7, 11) is 1.44. The predicted octanol–water partition coefficient (Wildman–Crippen LogP) is 3.25. The standard InChI is InChI=1S/C15H20N2O2/c1-4-5-9-14(15(18)19-3)17-11(2)16-12-8-6-7-10-13(12)17/h6-8,10,14H,4-5,9H2,1-3H3. The Kier molecular flexibility index (Phi) is 4.20. The van der Waals surface area contributed by atoms with Gasteiger partial charge >= 0.3 is 5.97 Å². The molecular formula is C15H20N2O2. The third-order valence-corrected chi connectivity index (χ3v) is 3.39. The lowest BCUT2D eigenvalue weighted by Crippen LogP contribution is -2.22. The largest absolute Gasteiger partial charge is 0.467 e. The van der Waals surface area contributed by atoms with Gasteiger partial charge in [0.2, 0.25) is 0 Å². The lowest BCUT2D eigenvalue weighted by molar-refractivity contribution is -0.144. The summed E-state index contributed by atoms with van der Waals surface area (Å²) in [6.45, 7) is 4.05. The van der Waals surface area contributed by atoms with Gasteiger partial charge in [-0.15, -0.1) is 0 Å². The van der Waals surface area contributed by atoms with E-state index in [1.807, 2.05) is 35.8 Å². The molecule has 1 atom stereocenters. The van der Waals surface area contributed by atoms with Crippen molar-refractivity contribution in [3.05, 3.63) is 30.1 Å². The minimum absolute atomic E-state index is 0.195. The predicted molar refractivity (Wildman–Crippen MR) is 75.0 cm³/mol. The normalized spacial score (nSPS) is 12.6. The Balaban J connectivity index is 2.48. The number of carbonyl (C=O) groups excluding carboxylic acids is 1. The fourth-order valence-corrected chi connectivity index (χ4v) is 2.44. The van der Waals surface area contributed by atoms with Crippen molar-refractivity contribution in [3.63, 3.8) is 0 Å². The molecule has 4 nitrogen and oxygen atoms in total. The molecule has 102 valence electrons. The molecule has 1 unspecified atom stereocenters. The van der Waals surface area contributed by atoms with Crippen LogP contribution in [0.2, 0.25) is 0 Å². The molecule has 0 fully saturated rings. The first-order valence-corrected chi connectivity index (χ1v) is 6.70. The van der Waals surface area contributed by atoms with Crippen LogP contribution in [0, 0.1) is 6.92 Å². The van der Waals surface area contributed by atoms with Gasteiger partial charge in [0.15, 0.2) is 0 Å². The Bertz CT molecular complexity index is 575. The second-order valence-electron chi connectivity index (χ2n) is 4.70. The first-order valence-electron chi connectivity index (χ1n) is 6.70. The first-order chi connectivity index (χ1) is 9.19. The molecule has 0 bridgehead atoms. The molecule has 0 aliphatic rings. The lowest BCUT2D eigenvalue weighted by atomic mass is 10.1. The second kappa shape index (κ2) is 5.87. The Labute approximate surface area is 113 Å². The van der Waals surface area contributed by atoms with E-state index in [9.17, 15) is 4.79 Å². The van der Waals surface area contributed by atoms with Crippen molar-refractivity contribution in [2.75, 3.05) is 7.11 Å². The van der Waals surface area contributed by atoms with Gasteiger partial charge in [-0.1, -0.05) is 31.9 Å². The minimum atomic E-state index is -0.280. The first kappa shape index (κ1) is 13.6. The minimum Gasteiger partial charge on any atom is -0.467 e. The fourth-order valence-electron chi connectivity index (χ4n) is 2.44. The molecule has 0 saturated heterocycles. The number of imidazole rings is 1. The number of unbranched alkanes of at least 4 members (excludes halogenated alkanes) is 1. The van der Waals surface area contributed by atoms with Crippen LogP contribution in [0.3, 0.4) is 0 Å². The number of para-hydroxylation sites is 2. The van der Waals surface area contributed by atoms with Gasteiger partial charge in [-0.2, -0.15) is 0 Å². The van der Waals surface area contributed by atoms with Crippen LogP contribution >= 0.6 is 0 Å². The average molecular weight is 260 g/mol. The van der Waals surface area contributed by atoms with Crippen molar-refractivity contribution in [3.8, 4) is 0 Å². The fraction of sp³-hybridized carbons (Fsp3) is 0.467. The second-order valence-corrected chi connectivity index (χ2v) is 4.70. The molecule has 0 aliphatic carbocycles. The van der Waals surface area contributed by atoms with Gasteiger partial charge in [-0.25, -0.2) is 9.78 Å². The molecule has 0 amide bonds. The van der Waals surface area contributed by atoms with Gasteiger partial charge in [0.25, 0.3) is 0 Å². The van der Waals surface area contributed by atoms with Crippen molar-refractivity contribution in [2.45, 2.75) is 39.2 Å². The molecule has 1 aromatic heterocycles. The van der Waals surface area contributed by atoms with Gasteiger partial charge in [0.1, 0.15) is 11.9 Å². The zero-order valence-electron chi connectivity index (χ0n) is 11.7. The van der Waals surface area contributed by atoms with Crippen LogP contribution in [-0.2, 0) is 9.53 Å². The van der Waals surface area contributed by atoms with Crippen molar-refractivity contribution >= 4 is 17.0 Å². The number of hydrogen-bond acceptors (Lipinski definition) is 3. The van der Waals surface area contributed by atoms with E-state index in [1.165, 1.54) is 7.11 Å². The van der Waals surface area contributed by atoms with E-state index in [1.54, 1.807) is 0 Å². The number of ether oxygens (including phenoxy) is 1. The molecule has 0 spiro atoms. The third kappa shape index (κ3) is 2.62. The Morgan fingerprint density at radius 3 is 2.84 bits per heavy atom. The number of carbonyl (C=O) groups is 1. The van der Waals surface area contributed by atoms with E-state index in [2.05, 4.69) is 11.9 Å². The summed E-state index contributed by atoms with van der Waals surface area (Å²) >= 11 is 0. The third-order valence-electron chi connectivity index (χ3n) is 3.39. The Morgan fingerprint density at radius 2 is 2.16 bits per heavy atom. The molecule has 2 rings (SSSR count). The van der Waals surface area contributed by atoms with Crippen LogP contribution in [0.15, 0.2) is 24.3 Å². The highest BCUT2D eigenvalue weighted by molar-refractivity contribution is 5.81. The van der Waals surface area contributed by atoms with Gasteiger partial charge in [-0.05, 0) is 25.5 Å². The lowest BCUT2D eigenvalue weighted by Gasteiger charge is -2.18. The zero-order chi connectivity index (χ0) is 13.8. The number of fused-ring (bicyclic) bond motifs is 1. The Hall–Kier alpha value is -1.84. The monoisotopic (exact) mass is 260 g/mol. The Morgan fingerprint density at radius 1 is 1.42 bits per heavy atom. The highest BCUT2D eigenvalue weighted by Gasteiger charge is 2.24. The molecule has 1 heterocycles. The summed E-state index contributed by atoms with van der Waals surface area (Å²) in [6.07, 6.45) is 2.83. The molecule has 1 aromatic carbocycles. The number of nitrogens with zero attached hydrogens (tertiary/aromatic N) is 2. The van der Waals surface area contributed by atoms with Crippen LogP contribution in [0.1, 0.15) is 38.1 Å². The smallest absolute Gasteiger partial charge is 0.328 e. The summed E-state index contributed by atoms with van der Waals surface area (Å²) in [5, 5.41) is 0. The van der Waals surface area contributed by atoms with Crippen molar-refractivity contribution in [2.24, 2.45) is 0 Å². The van der Waals surface area contributed by atoms with E-state index in [-0.39, 0.29) is 12.0 Å². The maximum Gasteiger partial charge on any atom is 0.328 e.